The Morgan fingerprint density at radius 2 is 1.85 bits per heavy atom. The van der Waals surface area contributed by atoms with Crippen molar-refractivity contribution in [1.82, 2.24) is 5.32 Å². The van der Waals surface area contributed by atoms with E-state index in [0.29, 0.717) is 0 Å². The number of hydrogen-bond donors (Lipinski definition) is 3. The van der Waals surface area contributed by atoms with E-state index >= 15 is 0 Å². The molecule has 13 heavy (non-hydrogen) atoms. The van der Waals surface area contributed by atoms with E-state index in [2.05, 4.69) is 16.9 Å². The molecule has 0 aliphatic carbocycles. The number of unbranched alkanes of at least 4 members (excludes halogenated alkanes) is 4. The summed E-state index contributed by atoms with van der Waals surface area (Å²) in [6.45, 7) is 3.26. The van der Waals surface area contributed by atoms with E-state index in [1.54, 1.807) is 0 Å². The van der Waals surface area contributed by atoms with Gasteiger partial charge in [0.2, 0.25) is 0 Å². The Labute approximate surface area is 80.5 Å². The van der Waals surface area contributed by atoms with Crippen LogP contribution in [0.4, 0.5) is 0 Å². The van der Waals surface area contributed by atoms with E-state index in [0.717, 1.165) is 13.0 Å². The van der Waals surface area contributed by atoms with E-state index in [1.807, 2.05) is 0 Å². The summed E-state index contributed by atoms with van der Waals surface area (Å²) >= 11 is 0. The van der Waals surface area contributed by atoms with Gasteiger partial charge in [-0.3, -0.25) is 5.32 Å². The van der Waals surface area contributed by atoms with Gasteiger partial charge in [-0.05, 0) is 13.0 Å². The smallest absolute Gasteiger partial charge is 0.402 e. The van der Waals surface area contributed by atoms with Gasteiger partial charge in [0.15, 0.2) is 0 Å². The Morgan fingerprint density at radius 3 is 2.46 bits per heavy atom. The van der Waals surface area contributed by atoms with Gasteiger partial charge in [-0.2, -0.15) is 0 Å². The SMILES string of the molecule is CCCCCCCNCOB(O)O. The van der Waals surface area contributed by atoms with Gasteiger partial charge >= 0.3 is 7.32 Å². The first-order valence-electron chi connectivity index (χ1n) is 4.95. The summed E-state index contributed by atoms with van der Waals surface area (Å²) in [7, 11) is -1.66. The molecule has 0 aromatic rings. The Morgan fingerprint density at radius 1 is 1.15 bits per heavy atom. The molecule has 0 saturated carbocycles. The number of hydrogen-bond acceptors (Lipinski definition) is 4. The van der Waals surface area contributed by atoms with Crippen molar-refractivity contribution in [3.63, 3.8) is 0 Å². The maximum Gasteiger partial charge on any atom is 0.634 e. The van der Waals surface area contributed by atoms with Gasteiger partial charge < -0.3 is 14.7 Å². The number of rotatable bonds is 9. The zero-order chi connectivity index (χ0) is 9.94. The summed E-state index contributed by atoms with van der Waals surface area (Å²) in [6.07, 6.45) is 6.17. The summed E-state index contributed by atoms with van der Waals surface area (Å²) < 4.78 is 4.47. The molecule has 0 amide bonds. The molecule has 0 aromatic carbocycles. The van der Waals surface area contributed by atoms with Crippen LogP contribution >= 0.6 is 0 Å². The maximum absolute atomic E-state index is 8.32. The zero-order valence-corrected chi connectivity index (χ0v) is 8.33. The Hall–Kier alpha value is -0.0951. The molecular formula is C8H20BNO3. The summed E-state index contributed by atoms with van der Waals surface area (Å²) in [5.41, 5.74) is 0. The first-order valence-corrected chi connectivity index (χ1v) is 4.95. The second-order valence-corrected chi connectivity index (χ2v) is 3.05. The predicted octanol–water partition coefficient (Wildman–Crippen LogP) is 0.490. The molecule has 0 heterocycles. The average Bonchev–Trinajstić information content (AvgIpc) is 2.09. The lowest BCUT2D eigenvalue weighted by Crippen LogP contribution is -2.26. The van der Waals surface area contributed by atoms with Crippen LogP contribution in [-0.4, -0.2) is 30.6 Å². The van der Waals surface area contributed by atoms with Crippen LogP contribution < -0.4 is 5.32 Å². The second-order valence-electron chi connectivity index (χ2n) is 3.05. The van der Waals surface area contributed by atoms with Crippen molar-refractivity contribution in [3.05, 3.63) is 0 Å². The fourth-order valence-electron chi connectivity index (χ4n) is 1.06. The molecule has 0 aromatic heterocycles. The Balaban J connectivity index is 2.84. The fraction of sp³-hybridized carbons (Fsp3) is 1.00. The van der Waals surface area contributed by atoms with Gasteiger partial charge in [0.1, 0.15) is 0 Å². The summed E-state index contributed by atoms with van der Waals surface area (Å²) in [5, 5.41) is 19.6. The molecule has 0 unspecified atom stereocenters. The van der Waals surface area contributed by atoms with Gasteiger partial charge in [-0.15, -0.1) is 0 Å². The minimum absolute atomic E-state index is 0.200. The molecule has 0 bridgehead atoms. The molecule has 0 rings (SSSR count). The third-order valence-electron chi connectivity index (χ3n) is 1.79. The van der Waals surface area contributed by atoms with Crippen LogP contribution in [0.3, 0.4) is 0 Å². The second kappa shape index (κ2) is 9.99. The van der Waals surface area contributed by atoms with Crippen LogP contribution in [0.25, 0.3) is 0 Å². The van der Waals surface area contributed by atoms with E-state index in [4.69, 9.17) is 10.0 Å². The van der Waals surface area contributed by atoms with Crippen molar-refractivity contribution in [2.75, 3.05) is 13.3 Å². The molecule has 0 spiro atoms. The zero-order valence-electron chi connectivity index (χ0n) is 8.33. The first kappa shape index (κ1) is 12.9. The van der Waals surface area contributed by atoms with Gasteiger partial charge in [0, 0.05) is 0 Å². The summed E-state index contributed by atoms with van der Waals surface area (Å²) in [5.74, 6) is 0. The quantitative estimate of drug-likeness (QED) is 0.280. The summed E-state index contributed by atoms with van der Waals surface area (Å²) in [6, 6.07) is 0. The Kier molecular flexibility index (Phi) is 9.92. The molecule has 4 nitrogen and oxygen atoms in total. The number of nitrogens with one attached hydrogen (secondary N) is 1. The van der Waals surface area contributed by atoms with Crippen molar-refractivity contribution < 1.29 is 14.7 Å². The van der Waals surface area contributed by atoms with E-state index in [1.165, 1.54) is 25.7 Å². The van der Waals surface area contributed by atoms with Crippen LogP contribution in [-0.2, 0) is 4.65 Å². The molecule has 0 atom stereocenters. The van der Waals surface area contributed by atoms with E-state index in [9.17, 15) is 0 Å². The van der Waals surface area contributed by atoms with Gasteiger partial charge in [0.05, 0.1) is 6.73 Å². The standard InChI is InChI=1S/C8H20BNO3/c1-2-3-4-5-6-7-10-8-13-9(11)12/h10-12H,2-8H2,1H3. The predicted molar refractivity (Wildman–Crippen MR) is 52.9 cm³/mol. The topological polar surface area (TPSA) is 61.7 Å². The highest BCUT2D eigenvalue weighted by atomic mass is 16.6. The van der Waals surface area contributed by atoms with Crippen molar-refractivity contribution in [2.24, 2.45) is 0 Å². The molecular weight excluding hydrogens is 169 g/mol. The van der Waals surface area contributed by atoms with Crippen molar-refractivity contribution in [3.8, 4) is 0 Å². The fourth-order valence-corrected chi connectivity index (χ4v) is 1.06. The largest absolute Gasteiger partial charge is 0.634 e. The summed E-state index contributed by atoms with van der Waals surface area (Å²) in [4.78, 5) is 0. The minimum atomic E-state index is -1.66. The highest BCUT2D eigenvalue weighted by molar-refractivity contribution is 6.32. The van der Waals surface area contributed by atoms with Gasteiger partial charge in [0.25, 0.3) is 0 Å². The lowest BCUT2D eigenvalue weighted by atomic mass is 10.1. The van der Waals surface area contributed by atoms with E-state index < -0.39 is 7.32 Å². The third kappa shape index (κ3) is 11.9. The third-order valence-corrected chi connectivity index (χ3v) is 1.79. The average molecular weight is 189 g/mol. The van der Waals surface area contributed by atoms with Gasteiger partial charge in [-0.1, -0.05) is 32.6 Å². The van der Waals surface area contributed by atoms with Crippen molar-refractivity contribution in [2.45, 2.75) is 39.0 Å². The van der Waals surface area contributed by atoms with Crippen molar-refractivity contribution >= 4 is 7.32 Å². The van der Waals surface area contributed by atoms with Crippen LogP contribution in [0.1, 0.15) is 39.0 Å². The van der Waals surface area contributed by atoms with E-state index in [-0.39, 0.29) is 6.73 Å². The van der Waals surface area contributed by atoms with Crippen LogP contribution in [0.5, 0.6) is 0 Å². The molecule has 78 valence electrons. The normalized spacial score (nSPS) is 10.4. The van der Waals surface area contributed by atoms with Gasteiger partial charge in [-0.25, -0.2) is 0 Å². The Bertz CT molecular complexity index is 103. The molecule has 5 heteroatoms. The molecule has 0 radical (unpaired) electrons. The first-order chi connectivity index (χ1) is 6.27. The lowest BCUT2D eigenvalue weighted by molar-refractivity contribution is 0.171. The monoisotopic (exact) mass is 189 g/mol. The minimum Gasteiger partial charge on any atom is -0.402 e. The molecule has 0 saturated heterocycles. The highest BCUT2D eigenvalue weighted by Gasteiger charge is 2.05. The lowest BCUT2D eigenvalue weighted by Gasteiger charge is -2.04. The van der Waals surface area contributed by atoms with Crippen molar-refractivity contribution in [1.29, 1.82) is 0 Å². The molecule has 0 aliphatic heterocycles. The molecule has 0 fully saturated rings. The van der Waals surface area contributed by atoms with Crippen LogP contribution in [0, 0.1) is 0 Å². The van der Waals surface area contributed by atoms with Crippen LogP contribution in [0.15, 0.2) is 0 Å². The molecule has 3 N–H and O–H groups in total. The van der Waals surface area contributed by atoms with Crippen LogP contribution in [0.2, 0.25) is 0 Å². The highest BCUT2D eigenvalue weighted by Crippen LogP contribution is 2.00. The maximum atomic E-state index is 8.32. The molecule has 0 aliphatic rings.